The standard InChI is InChI=1S/C17H25NO2/c1-12-4-2-3-5-17(12)20-11-15(19)10-18-16-9-13-6-7-14(16)8-13/h2-5,13-16,18-19H,6-11H2,1H3. The van der Waals surface area contributed by atoms with Crippen LogP contribution in [-0.2, 0) is 0 Å². The molecule has 0 aromatic heterocycles. The summed E-state index contributed by atoms with van der Waals surface area (Å²) in [4.78, 5) is 0. The summed E-state index contributed by atoms with van der Waals surface area (Å²) >= 11 is 0. The lowest BCUT2D eigenvalue weighted by molar-refractivity contribution is 0.100. The predicted octanol–water partition coefficient (Wildman–Crippen LogP) is 2.51. The summed E-state index contributed by atoms with van der Waals surface area (Å²) in [5, 5.41) is 13.6. The molecule has 0 amide bonds. The van der Waals surface area contributed by atoms with Crippen LogP contribution in [0.25, 0.3) is 0 Å². The van der Waals surface area contributed by atoms with E-state index in [1.165, 1.54) is 25.7 Å². The van der Waals surface area contributed by atoms with Gasteiger partial charge in [0.05, 0.1) is 0 Å². The molecule has 0 aliphatic heterocycles. The molecule has 110 valence electrons. The molecular formula is C17H25NO2. The number of aliphatic hydroxyl groups is 1. The second kappa shape index (κ2) is 6.15. The van der Waals surface area contributed by atoms with Crippen LogP contribution in [0, 0.1) is 18.8 Å². The van der Waals surface area contributed by atoms with Gasteiger partial charge in [-0.2, -0.15) is 0 Å². The number of benzene rings is 1. The number of nitrogens with one attached hydrogen (secondary N) is 1. The Hall–Kier alpha value is -1.06. The zero-order valence-corrected chi connectivity index (χ0v) is 12.2. The van der Waals surface area contributed by atoms with E-state index in [2.05, 4.69) is 5.32 Å². The molecule has 0 spiro atoms. The molecule has 3 heteroatoms. The first-order valence-corrected chi connectivity index (χ1v) is 7.82. The van der Waals surface area contributed by atoms with Crippen LogP contribution in [0.1, 0.15) is 31.2 Å². The number of aliphatic hydroxyl groups excluding tert-OH is 1. The summed E-state index contributed by atoms with van der Waals surface area (Å²) in [6, 6.07) is 8.56. The smallest absolute Gasteiger partial charge is 0.122 e. The number of hydrogen-bond donors (Lipinski definition) is 2. The van der Waals surface area contributed by atoms with Crippen LogP contribution < -0.4 is 10.1 Å². The average Bonchev–Trinajstić information content (AvgIpc) is 3.06. The number of rotatable bonds is 6. The van der Waals surface area contributed by atoms with Gasteiger partial charge in [-0.1, -0.05) is 24.6 Å². The summed E-state index contributed by atoms with van der Waals surface area (Å²) in [7, 11) is 0. The zero-order valence-electron chi connectivity index (χ0n) is 12.2. The van der Waals surface area contributed by atoms with E-state index in [-0.39, 0.29) is 0 Å². The van der Waals surface area contributed by atoms with Crippen LogP contribution in [0.5, 0.6) is 5.75 Å². The minimum absolute atomic E-state index is 0.360. The molecule has 0 saturated heterocycles. The number of aryl methyl sites for hydroxylation is 1. The fraction of sp³-hybridized carbons (Fsp3) is 0.647. The minimum atomic E-state index is -0.436. The van der Waals surface area contributed by atoms with Crippen molar-refractivity contribution in [3.8, 4) is 5.75 Å². The van der Waals surface area contributed by atoms with Gasteiger partial charge in [-0.05, 0) is 49.7 Å². The van der Waals surface area contributed by atoms with E-state index in [1.54, 1.807) is 0 Å². The Bertz CT molecular complexity index is 448. The number of ether oxygens (including phenoxy) is 1. The summed E-state index contributed by atoms with van der Waals surface area (Å²) < 4.78 is 5.69. The van der Waals surface area contributed by atoms with Crippen molar-refractivity contribution in [3.05, 3.63) is 29.8 Å². The predicted molar refractivity (Wildman–Crippen MR) is 79.9 cm³/mol. The van der Waals surface area contributed by atoms with Gasteiger partial charge in [-0.25, -0.2) is 0 Å². The van der Waals surface area contributed by atoms with Crippen molar-refractivity contribution >= 4 is 0 Å². The molecule has 0 heterocycles. The van der Waals surface area contributed by atoms with Gasteiger partial charge in [0.25, 0.3) is 0 Å². The molecule has 2 bridgehead atoms. The highest BCUT2D eigenvalue weighted by atomic mass is 16.5. The Kier molecular flexibility index (Phi) is 4.27. The van der Waals surface area contributed by atoms with E-state index in [4.69, 9.17) is 4.74 Å². The van der Waals surface area contributed by atoms with Gasteiger partial charge in [-0.3, -0.25) is 0 Å². The van der Waals surface area contributed by atoms with Crippen molar-refractivity contribution in [1.29, 1.82) is 0 Å². The molecule has 2 aliphatic carbocycles. The molecule has 2 aliphatic rings. The van der Waals surface area contributed by atoms with Gasteiger partial charge in [0.15, 0.2) is 0 Å². The topological polar surface area (TPSA) is 41.5 Å². The van der Waals surface area contributed by atoms with E-state index < -0.39 is 6.10 Å². The number of para-hydroxylation sites is 1. The van der Waals surface area contributed by atoms with Crippen LogP contribution in [0.3, 0.4) is 0 Å². The molecular weight excluding hydrogens is 250 g/mol. The van der Waals surface area contributed by atoms with Crippen molar-refractivity contribution in [2.45, 2.75) is 44.8 Å². The molecule has 1 aromatic rings. The Morgan fingerprint density at radius 1 is 1.30 bits per heavy atom. The van der Waals surface area contributed by atoms with Crippen molar-refractivity contribution in [3.63, 3.8) is 0 Å². The van der Waals surface area contributed by atoms with E-state index >= 15 is 0 Å². The maximum Gasteiger partial charge on any atom is 0.122 e. The normalized spacial score (nSPS) is 29.6. The van der Waals surface area contributed by atoms with Gasteiger partial charge in [0, 0.05) is 12.6 Å². The molecule has 20 heavy (non-hydrogen) atoms. The van der Waals surface area contributed by atoms with Crippen molar-refractivity contribution < 1.29 is 9.84 Å². The number of fused-ring (bicyclic) bond motifs is 2. The summed E-state index contributed by atoms with van der Waals surface area (Å²) in [6.45, 7) is 3.02. The van der Waals surface area contributed by atoms with E-state index in [0.717, 1.165) is 23.1 Å². The molecule has 0 radical (unpaired) electrons. The van der Waals surface area contributed by atoms with Crippen LogP contribution in [0.2, 0.25) is 0 Å². The third kappa shape index (κ3) is 3.15. The second-order valence-corrected chi connectivity index (χ2v) is 6.42. The molecule has 3 nitrogen and oxygen atoms in total. The van der Waals surface area contributed by atoms with E-state index in [9.17, 15) is 5.11 Å². The fourth-order valence-electron chi connectivity index (χ4n) is 3.75. The van der Waals surface area contributed by atoms with Crippen molar-refractivity contribution in [2.75, 3.05) is 13.2 Å². The lowest BCUT2D eigenvalue weighted by Crippen LogP contribution is -2.40. The SMILES string of the molecule is Cc1ccccc1OCC(O)CNC1CC2CCC1C2. The summed E-state index contributed by atoms with van der Waals surface area (Å²) in [5.74, 6) is 2.66. The van der Waals surface area contributed by atoms with Gasteiger partial charge >= 0.3 is 0 Å². The first-order chi connectivity index (χ1) is 9.72. The Balaban J connectivity index is 1.39. The van der Waals surface area contributed by atoms with Crippen LogP contribution >= 0.6 is 0 Å². The Morgan fingerprint density at radius 3 is 2.85 bits per heavy atom. The fourth-order valence-corrected chi connectivity index (χ4v) is 3.75. The quantitative estimate of drug-likeness (QED) is 0.838. The molecule has 4 atom stereocenters. The lowest BCUT2D eigenvalue weighted by Gasteiger charge is -2.24. The molecule has 3 rings (SSSR count). The molecule has 2 N–H and O–H groups in total. The van der Waals surface area contributed by atoms with Crippen LogP contribution in [-0.4, -0.2) is 30.4 Å². The van der Waals surface area contributed by atoms with Gasteiger partial charge in [0.1, 0.15) is 18.5 Å². The lowest BCUT2D eigenvalue weighted by atomic mass is 9.95. The van der Waals surface area contributed by atoms with Crippen LogP contribution in [0.4, 0.5) is 0 Å². The largest absolute Gasteiger partial charge is 0.491 e. The third-order valence-electron chi connectivity index (χ3n) is 4.88. The Labute approximate surface area is 121 Å². The summed E-state index contributed by atoms with van der Waals surface area (Å²) in [6.07, 6.45) is 5.05. The molecule has 2 saturated carbocycles. The van der Waals surface area contributed by atoms with Gasteiger partial charge in [0.2, 0.25) is 0 Å². The zero-order chi connectivity index (χ0) is 13.9. The van der Waals surface area contributed by atoms with E-state index in [0.29, 0.717) is 19.2 Å². The average molecular weight is 275 g/mol. The highest BCUT2D eigenvalue weighted by molar-refractivity contribution is 5.31. The highest BCUT2D eigenvalue weighted by Gasteiger charge is 2.39. The monoisotopic (exact) mass is 275 g/mol. The second-order valence-electron chi connectivity index (χ2n) is 6.42. The molecule has 4 unspecified atom stereocenters. The third-order valence-corrected chi connectivity index (χ3v) is 4.88. The minimum Gasteiger partial charge on any atom is -0.491 e. The van der Waals surface area contributed by atoms with Gasteiger partial charge in [-0.15, -0.1) is 0 Å². The molecule has 1 aromatic carbocycles. The maximum atomic E-state index is 10.0. The first kappa shape index (κ1) is 13.9. The molecule has 2 fully saturated rings. The van der Waals surface area contributed by atoms with Crippen molar-refractivity contribution in [1.82, 2.24) is 5.32 Å². The first-order valence-electron chi connectivity index (χ1n) is 7.82. The highest BCUT2D eigenvalue weighted by Crippen LogP contribution is 2.44. The Morgan fingerprint density at radius 2 is 2.15 bits per heavy atom. The number of hydrogen-bond acceptors (Lipinski definition) is 3. The van der Waals surface area contributed by atoms with E-state index in [1.807, 2.05) is 31.2 Å². The van der Waals surface area contributed by atoms with Crippen LogP contribution in [0.15, 0.2) is 24.3 Å². The van der Waals surface area contributed by atoms with Crippen molar-refractivity contribution in [2.24, 2.45) is 11.8 Å². The summed E-state index contributed by atoms with van der Waals surface area (Å²) in [5.41, 5.74) is 1.11. The maximum absolute atomic E-state index is 10.0. The van der Waals surface area contributed by atoms with Gasteiger partial charge < -0.3 is 15.2 Å².